The number of methoxy groups -OCH3 is 1. The van der Waals surface area contributed by atoms with Gasteiger partial charge >= 0.3 is 5.97 Å². The van der Waals surface area contributed by atoms with E-state index < -0.39 is 34.4 Å². The highest BCUT2D eigenvalue weighted by Crippen LogP contribution is 2.31. The Morgan fingerprint density at radius 3 is 2.56 bits per heavy atom. The van der Waals surface area contributed by atoms with Gasteiger partial charge in [-0.1, -0.05) is 0 Å². The predicted octanol–water partition coefficient (Wildman–Crippen LogP) is 0.0242. The highest BCUT2D eigenvalue weighted by molar-refractivity contribution is 7.90. The number of fused-ring (bicyclic) bond motifs is 1. The van der Waals surface area contributed by atoms with Crippen LogP contribution in [0.5, 0.6) is 0 Å². The molecule has 0 saturated heterocycles. The summed E-state index contributed by atoms with van der Waals surface area (Å²) in [6.07, 6.45) is 0. The van der Waals surface area contributed by atoms with Gasteiger partial charge in [-0.3, -0.25) is 14.4 Å². The number of carboxylic acid groups (broad SMARTS) is 1. The molecule has 136 valence electrons. The van der Waals surface area contributed by atoms with Gasteiger partial charge in [0.1, 0.15) is 11.4 Å². The number of carbonyl (C=O) groups is 3. The molecule has 0 saturated carbocycles. The number of ether oxygens (including phenoxy) is 1. The van der Waals surface area contributed by atoms with Crippen LogP contribution < -0.4 is 0 Å². The lowest BCUT2D eigenvalue weighted by Gasteiger charge is -2.20. The van der Waals surface area contributed by atoms with Crippen LogP contribution in [0.2, 0.25) is 0 Å². The highest BCUT2D eigenvalue weighted by atomic mass is 32.2. The normalized spacial score (nSPS) is 15.1. The van der Waals surface area contributed by atoms with Crippen LogP contribution in [0, 0.1) is 0 Å². The first-order valence-corrected chi connectivity index (χ1v) is 8.89. The molecular weight excluding hydrogens is 352 g/mol. The number of rotatable bonds is 7. The standard InChI is InChI=1S/C15H18N2O7S/c1-3-17-15(21)11-5-4-10(8-12(11)25(17,22)23)14(20)16(6-7-24-2)9-13(18)19/h4-5,8H,3,6-7,9H2,1-2H3,(H,18,19). The average Bonchev–Trinajstić information content (AvgIpc) is 2.76. The van der Waals surface area contributed by atoms with E-state index >= 15 is 0 Å². The third kappa shape index (κ3) is 3.49. The van der Waals surface area contributed by atoms with Gasteiger partial charge < -0.3 is 14.7 Å². The van der Waals surface area contributed by atoms with Gasteiger partial charge in [-0.2, -0.15) is 0 Å². The number of hydrogen-bond donors (Lipinski definition) is 1. The van der Waals surface area contributed by atoms with E-state index in [-0.39, 0.29) is 35.7 Å². The molecule has 1 aliphatic rings. The fraction of sp³-hybridized carbons (Fsp3) is 0.400. The van der Waals surface area contributed by atoms with E-state index in [2.05, 4.69) is 0 Å². The molecule has 0 aliphatic carbocycles. The Kier molecular flexibility index (Phi) is 5.43. The molecule has 0 bridgehead atoms. The molecule has 10 heteroatoms. The van der Waals surface area contributed by atoms with Crippen molar-refractivity contribution in [2.45, 2.75) is 11.8 Å². The fourth-order valence-electron chi connectivity index (χ4n) is 2.52. The van der Waals surface area contributed by atoms with E-state index in [0.29, 0.717) is 0 Å². The second kappa shape index (κ2) is 7.19. The Hall–Kier alpha value is -2.46. The Balaban J connectivity index is 2.40. The summed E-state index contributed by atoms with van der Waals surface area (Å²) in [5.41, 5.74) is -0.00879. The minimum Gasteiger partial charge on any atom is -0.480 e. The van der Waals surface area contributed by atoms with Crippen LogP contribution in [-0.2, 0) is 19.6 Å². The second-order valence-corrected chi connectivity index (χ2v) is 7.13. The first-order chi connectivity index (χ1) is 11.7. The van der Waals surface area contributed by atoms with Crippen molar-refractivity contribution in [3.63, 3.8) is 0 Å². The Morgan fingerprint density at radius 2 is 2.00 bits per heavy atom. The predicted molar refractivity (Wildman–Crippen MR) is 85.8 cm³/mol. The minimum absolute atomic E-state index is 0.0000705. The van der Waals surface area contributed by atoms with E-state index in [0.717, 1.165) is 15.3 Å². The van der Waals surface area contributed by atoms with Gasteiger partial charge in [0.25, 0.3) is 21.8 Å². The number of nitrogens with zero attached hydrogens (tertiary/aromatic N) is 2. The molecule has 0 aromatic heterocycles. The topological polar surface area (TPSA) is 121 Å². The summed E-state index contributed by atoms with van der Waals surface area (Å²) >= 11 is 0. The summed E-state index contributed by atoms with van der Waals surface area (Å²) < 4.78 is 30.4. The maximum Gasteiger partial charge on any atom is 0.323 e. The van der Waals surface area contributed by atoms with Crippen molar-refractivity contribution in [1.29, 1.82) is 0 Å². The molecule has 9 nitrogen and oxygen atoms in total. The maximum atomic E-state index is 12.5. The van der Waals surface area contributed by atoms with Crippen molar-refractivity contribution < 1.29 is 32.6 Å². The fourth-order valence-corrected chi connectivity index (χ4v) is 4.12. The van der Waals surface area contributed by atoms with E-state index in [1.54, 1.807) is 0 Å². The summed E-state index contributed by atoms with van der Waals surface area (Å²) in [5, 5.41) is 8.94. The van der Waals surface area contributed by atoms with Crippen molar-refractivity contribution in [1.82, 2.24) is 9.21 Å². The molecule has 2 amide bonds. The van der Waals surface area contributed by atoms with Crippen LogP contribution in [0.3, 0.4) is 0 Å². The zero-order chi connectivity index (χ0) is 18.8. The van der Waals surface area contributed by atoms with Crippen LogP contribution in [0.4, 0.5) is 0 Å². The zero-order valence-electron chi connectivity index (χ0n) is 13.8. The van der Waals surface area contributed by atoms with E-state index in [9.17, 15) is 22.8 Å². The first kappa shape index (κ1) is 18.9. The summed E-state index contributed by atoms with van der Waals surface area (Å²) in [7, 11) is -2.58. The van der Waals surface area contributed by atoms with Gasteiger partial charge in [-0.05, 0) is 25.1 Å². The maximum absolute atomic E-state index is 12.5. The quantitative estimate of drug-likeness (QED) is 0.718. The van der Waals surface area contributed by atoms with Crippen LogP contribution in [0.25, 0.3) is 0 Å². The van der Waals surface area contributed by atoms with Crippen LogP contribution in [-0.4, -0.2) is 73.9 Å². The molecule has 1 heterocycles. The molecule has 0 fully saturated rings. The Labute approximate surface area is 144 Å². The number of carbonyl (C=O) groups excluding carboxylic acids is 2. The smallest absolute Gasteiger partial charge is 0.323 e. The van der Waals surface area contributed by atoms with Crippen molar-refractivity contribution >= 4 is 27.8 Å². The third-order valence-corrected chi connectivity index (χ3v) is 5.62. The van der Waals surface area contributed by atoms with E-state index in [4.69, 9.17) is 9.84 Å². The number of benzene rings is 1. The van der Waals surface area contributed by atoms with Crippen molar-refractivity contribution in [3.8, 4) is 0 Å². The van der Waals surface area contributed by atoms with E-state index in [1.807, 2.05) is 0 Å². The second-order valence-electron chi connectivity index (χ2n) is 5.30. The van der Waals surface area contributed by atoms with Gasteiger partial charge in [0, 0.05) is 25.8 Å². The van der Waals surface area contributed by atoms with Crippen molar-refractivity contribution in [2.75, 3.05) is 33.4 Å². The lowest BCUT2D eigenvalue weighted by molar-refractivity contribution is -0.137. The van der Waals surface area contributed by atoms with E-state index in [1.165, 1.54) is 26.2 Å². The van der Waals surface area contributed by atoms with Gasteiger partial charge in [-0.25, -0.2) is 12.7 Å². The summed E-state index contributed by atoms with van der Waals surface area (Å²) in [6.45, 7) is 1.13. The van der Waals surface area contributed by atoms with Crippen LogP contribution in [0.15, 0.2) is 23.1 Å². The zero-order valence-corrected chi connectivity index (χ0v) is 14.6. The Bertz CT molecular complexity index is 819. The monoisotopic (exact) mass is 370 g/mol. The van der Waals surface area contributed by atoms with Gasteiger partial charge in [0.2, 0.25) is 0 Å². The summed E-state index contributed by atoms with van der Waals surface area (Å²) in [6, 6.07) is 3.70. The number of aliphatic carboxylic acids is 1. The molecule has 0 radical (unpaired) electrons. The number of carboxylic acids is 1. The molecule has 2 rings (SSSR count). The lowest BCUT2D eigenvalue weighted by Crippen LogP contribution is -2.38. The largest absolute Gasteiger partial charge is 0.480 e. The average molecular weight is 370 g/mol. The Morgan fingerprint density at radius 1 is 1.32 bits per heavy atom. The highest BCUT2D eigenvalue weighted by Gasteiger charge is 2.40. The molecule has 0 atom stereocenters. The first-order valence-electron chi connectivity index (χ1n) is 7.45. The molecule has 25 heavy (non-hydrogen) atoms. The molecule has 1 aromatic rings. The number of sulfonamides is 1. The SMILES string of the molecule is CCN1C(=O)c2ccc(C(=O)N(CCOC)CC(=O)O)cc2S1(=O)=O. The molecule has 1 aliphatic heterocycles. The summed E-state index contributed by atoms with van der Waals surface area (Å²) in [5.74, 6) is -2.50. The number of hydrogen-bond acceptors (Lipinski definition) is 6. The lowest BCUT2D eigenvalue weighted by atomic mass is 10.1. The molecular formula is C15H18N2O7S. The molecule has 0 spiro atoms. The van der Waals surface area contributed by atoms with Gasteiger partial charge in [-0.15, -0.1) is 0 Å². The van der Waals surface area contributed by atoms with Crippen LogP contribution in [0.1, 0.15) is 27.6 Å². The third-order valence-electron chi connectivity index (χ3n) is 3.72. The minimum atomic E-state index is -4.00. The van der Waals surface area contributed by atoms with Crippen LogP contribution >= 0.6 is 0 Å². The molecule has 0 unspecified atom stereocenters. The summed E-state index contributed by atoms with van der Waals surface area (Å²) in [4.78, 5) is 36.4. The van der Waals surface area contributed by atoms with Gasteiger partial charge in [0.15, 0.2) is 0 Å². The molecule has 1 N–H and O–H groups in total. The number of amides is 2. The van der Waals surface area contributed by atoms with Crippen molar-refractivity contribution in [3.05, 3.63) is 29.3 Å². The molecule has 1 aromatic carbocycles. The van der Waals surface area contributed by atoms with Crippen molar-refractivity contribution in [2.24, 2.45) is 0 Å². The van der Waals surface area contributed by atoms with Gasteiger partial charge in [0.05, 0.1) is 12.2 Å².